The molecule has 5 rings (SSSR count). The van der Waals surface area contributed by atoms with Gasteiger partial charge in [0.05, 0.1) is 11.0 Å². The zero-order valence-corrected chi connectivity index (χ0v) is 14.1. The zero-order chi connectivity index (χ0) is 16.3. The maximum Gasteiger partial charge on any atom is 0.209 e. The number of carbonyl (C=O) groups is 1. The number of imidazole rings is 1. The molecule has 2 unspecified atom stereocenters. The molecule has 3 aromatic rings. The molecule has 0 saturated heterocycles. The molecule has 0 bridgehead atoms. The maximum absolute atomic E-state index is 12.9. The molecule has 2 aromatic heterocycles. The summed E-state index contributed by atoms with van der Waals surface area (Å²) in [5.74, 6) is 1.48. The summed E-state index contributed by atoms with van der Waals surface area (Å²) >= 11 is 1.70. The molecule has 1 aliphatic carbocycles. The van der Waals surface area contributed by atoms with Gasteiger partial charge in [-0.15, -0.1) is 11.3 Å². The fourth-order valence-corrected chi connectivity index (χ4v) is 4.76. The lowest BCUT2D eigenvalue weighted by molar-refractivity contribution is -0.117. The van der Waals surface area contributed by atoms with E-state index < -0.39 is 0 Å². The Morgan fingerprint density at radius 3 is 2.92 bits per heavy atom. The van der Waals surface area contributed by atoms with Crippen molar-refractivity contribution in [2.24, 2.45) is 5.92 Å². The first kappa shape index (κ1) is 14.0. The summed E-state index contributed by atoms with van der Waals surface area (Å²) in [6.45, 7) is 2.14. The van der Waals surface area contributed by atoms with Crippen molar-refractivity contribution in [1.29, 1.82) is 0 Å². The molecule has 1 aliphatic heterocycles. The average molecular weight is 335 g/mol. The fourth-order valence-electron chi connectivity index (χ4n) is 3.94. The van der Waals surface area contributed by atoms with Crippen molar-refractivity contribution in [1.82, 2.24) is 9.55 Å². The van der Waals surface area contributed by atoms with E-state index in [0.29, 0.717) is 12.3 Å². The van der Waals surface area contributed by atoms with Crippen LogP contribution in [0.15, 0.2) is 53.0 Å². The quantitative estimate of drug-likeness (QED) is 0.718. The molecular formula is C19H17N3OS. The number of para-hydroxylation sites is 2. The maximum atomic E-state index is 12.9. The lowest BCUT2D eigenvalue weighted by atomic mass is 9.82. The lowest BCUT2D eigenvalue weighted by Crippen LogP contribution is -2.32. The zero-order valence-electron chi connectivity index (χ0n) is 13.3. The first-order valence-corrected chi connectivity index (χ1v) is 9.14. The standard InChI is InChI=1S/C19H17N3OS/c1-11-9-13-17(15(23)10-11)18(16-7-4-8-24-16)22-14-6-3-2-5-12(14)20-19(22)21-13/h2-8,11,18H,9-10H2,1H3,(H,20,21). The van der Waals surface area contributed by atoms with Gasteiger partial charge in [-0.25, -0.2) is 4.98 Å². The van der Waals surface area contributed by atoms with Crippen molar-refractivity contribution < 1.29 is 4.79 Å². The highest BCUT2D eigenvalue weighted by Crippen LogP contribution is 2.44. The van der Waals surface area contributed by atoms with Crippen LogP contribution in [0.25, 0.3) is 11.0 Å². The monoisotopic (exact) mass is 335 g/mol. The summed E-state index contributed by atoms with van der Waals surface area (Å²) in [6, 6.07) is 12.2. The number of fused-ring (bicyclic) bond motifs is 3. The highest BCUT2D eigenvalue weighted by molar-refractivity contribution is 7.10. The highest BCUT2D eigenvalue weighted by atomic mass is 32.1. The number of ketones is 1. The van der Waals surface area contributed by atoms with Crippen molar-refractivity contribution in [2.75, 3.05) is 5.32 Å². The van der Waals surface area contributed by atoms with Crippen molar-refractivity contribution >= 4 is 34.1 Å². The SMILES string of the molecule is CC1CC(=O)C2=C(C1)Nc1nc3ccccc3n1C2c1cccs1. The van der Waals surface area contributed by atoms with E-state index in [9.17, 15) is 4.79 Å². The van der Waals surface area contributed by atoms with Gasteiger partial charge in [-0.3, -0.25) is 9.36 Å². The van der Waals surface area contributed by atoms with Crippen LogP contribution in [0.4, 0.5) is 5.95 Å². The van der Waals surface area contributed by atoms with E-state index in [1.807, 2.05) is 18.2 Å². The first-order chi connectivity index (χ1) is 11.7. The highest BCUT2D eigenvalue weighted by Gasteiger charge is 2.38. The number of carbonyl (C=O) groups excluding carboxylic acids is 1. The van der Waals surface area contributed by atoms with Gasteiger partial charge in [-0.2, -0.15) is 0 Å². The summed E-state index contributed by atoms with van der Waals surface area (Å²) in [6.07, 6.45) is 1.54. The minimum Gasteiger partial charge on any atom is -0.329 e. The van der Waals surface area contributed by atoms with E-state index in [-0.39, 0.29) is 11.8 Å². The normalized spacial score (nSPS) is 23.1. The number of nitrogens with zero attached hydrogens (tertiary/aromatic N) is 2. The molecule has 24 heavy (non-hydrogen) atoms. The number of benzene rings is 1. The van der Waals surface area contributed by atoms with E-state index in [1.165, 1.54) is 4.88 Å². The molecule has 3 heterocycles. The molecule has 2 aliphatic rings. The second-order valence-electron chi connectivity index (χ2n) is 6.67. The Balaban J connectivity index is 1.81. The van der Waals surface area contributed by atoms with Gasteiger partial charge in [-0.05, 0) is 35.9 Å². The summed E-state index contributed by atoms with van der Waals surface area (Å²) < 4.78 is 2.19. The molecule has 4 nitrogen and oxygen atoms in total. The second kappa shape index (κ2) is 5.05. The van der Waals surface area contributed by atoms with Crippen LogP contribution in [0.5, 0.6) is 0 Å². The van der Waals surface area contributed by atoms with E-state index in [1.54, 1.807) is 11.3 Å². The van der Waals surface area contributed by atoms with Crippen molar-refractivity contribution in [2.45, 2.75) is 25.8 Å². The summed E-state index contributed by atoms with van der Waals surface area (Å²) in [5.41, 5.74) is 4.00. The number of rotatable bonds is 1. The summed E-state index contributed by atoms with van der Waals surface area (Å²) in [5, 5.41) is 5.53. The number of Topliss-reactive ketones (excluding diaryl/α,β-unsaturated/α-hetero) is 1. The Hall–Kier alpha value is -2.40. The van der Waals surface area contributed by atoms with Gasteiger partial charge in [0.1, 0.15) is 6.04 Å². The second-order valence-corrected chi connectivity index (χ2v) is 7.65. The van der Waals surface area contributed by atoms with Crippen molar-refractivity contribution in [3.05, 3.63) is 57.9 Å². The Morgan fingerprint density at radius 1 is 1.21 bits per heavy atom. The van der Waals surface area contributed by atoms with Gasteiger partial charge in [0, 0.05) is 22.6 Å². The van der Waals surface area contributed by atoms with Crippen LogP contribution in [-0.2, 0) is 4.79 Å². The van der Waals surface area contributed by atoms with Crippen LogP contribution in [0.3, 0.4) is 0 Å². The minimum atomic E-state index is -0.0661. The number of hydrogen-bond donors (Lipinski definition) is 1. The van der Waals surface area contributed by atoms with Crippen LogP contribution < -0.4 is 5.32 Å². The van der Waals surface area contributed by atoms with E-state index in [2.05, 4.69) is 40.4 Å². The average Bonchev–Trinajstić information content (AvgIpc) is 3.20. The Bertz CT molecular complexity index is 983. The molecule has 120 valence electrons. The number of aromatic nitrogens is 2. The number of nitrogens with one attached hydrogen (secondary N) is 1. The van der Waals surface area contributed by atoms with Gasteiger partial charge < -0.3 is 5.32 Å². The van der Waals surface area contributed by atoms with Gasteiger partial charge >= 0.3 is 0 Å². The van der Waals surface area contributed by atoms with Crippen LogP contribution in [0.2, 0.25) is 0 Å². The van der Waals surface area contributed by atoms with Gasteiger partial charge in [0.15, 0.2) is 5.78 Å². The topological polar surface area (TPSA) is 46.9 Å². The number of hydrogen-bond acceptors (Lipinski definition) is 4. The van der Waals surface area contributed by atoms with Crippen molar-refractivity contribution in [3.63, 3.8) is 0 Å². The van der Waals surface area contributed by atoms with Crippen LogP contribution >= 0.6 is 11.3 Å². The predicted octanol–water partition coefficient (Wildman–Crippen LogP) is 4.37. The van der Waals surface area contributed by atoms with Crippen molar-refractivity contribution in [3.8, 4) is 0 Å². The summed E-state index contributed by atoms with van der Waals surface area (Å²) in [7, 11) is 0. The third-order valence-electron chi connectivity index (χ3n) is 4.91. The third-order valence-corrected chi connectivity index (χ3v) is 5.84. The molecule has 0 spiro atoms. The molecule has 0 amide bonds. The largest absolute Gasteiger partial charge is 0.329 e. The van der Waals surface area contributed by atoms with Gasteiger partial charge in [-0.1, -0.05) is 25.1 Å². The fraction of sp³-hybridized carbons (Fsp3) is 0.263. The van der Waals surface area contributed by atoms with Crippen LogP contribution in [0.1, 0.15) is 30.7 Å². The molecule has 0 fully saturated rings. The van der Waals surface area contributed by atoms with E-state index in [0.717, 1.165) is 34.7 Å². The van der Waals surface area contributed by atoms with Crippen LogP contribution in [-0.4, -0.2) is 15.3 Å². The Labute approximate surface area is 143 Å². The van der Waals surface area contributed by atoms with Gasteiger partial charge in [0.25, 0.3) is 0 Å². The number of allylic oxidation sites excluding steroid dienone is 2. The number of thiophene rings is 1. The predicted molar refractivity (Wildman–Crippen MR) is 96.2 cm³/mol. The van der Waals surface area contributed by atoms with E-state index in [4.69, 9.17) is 4.98 Å². The van der Waals surface area contributed by atoms with E-state index >= 15 is 0 Å². The minimum absolute atomic E-state index is 0.0661. The smallest absolute Gasteiger partial charge is 0.209 e. The molecule has 1 N–H and O–H groups in total. The Kier molecular flexibility index (Phi) is 2.94. The molecular weight excluding hydrogens is 318 g/mol. The Morgan fingerprint density at radius 2 is 2.08 bits per heavy atom. The molecule has 0 radical (unpaired) electrons. The molecule has 1 aromatic carbocycles. The number of anilines is 1. The molecule has 0 saturated carbocycles. The molecule has 5 heteroatoms. The van der Waals surface area contributed by atoms with Crippen LogP contribution in [0, 0.1) is 5.92 Å². The first-order valence-electron chi connectivity index (χ1n) is 8.26. The lowest BCUT2D eigenvalue weighted by Gasteiger charge is -2.34. The summed E-state index contributed by atoms with van der Waals surface area (Å²) in [4.78, 5) is 18.8. The molecule has 2 atom stereocenters. The van der Waals surface area contributed by atoms with Gasteiger partial charge in [0.2, 0.25) is 5.95 Å². The third kappa shape index (κ3) is 1.91.